The number of benzene rings is 1. The maximum atomic E-state index is 13.5. The van der Waals surface area contributed by atoms with Crippen molar-refractivity contribution in [1.82, 2.24) is 10.2 Å². The number of amides is 1. The quantitative estimate of drug-likeness (QED) is 0.753. The van der Waals surface area contributed by atoms with Crippen LogP contribution < -0.4 is 5.32 Å². The lowest BCUT2D eigenvalue weighted by Gasteiger charge is -2.36. The summed E-state index contributed by atoms with van der Waals surface area (Å²) in [5.74, 6) is -1.26. The molecule has 1 fully saturated rings. The average Bonchev–Trinajstić information content (AvgIpc) is 2.50. The molecule has 1 aliphatic rings. The van der Waals surface area contributed by atoms with Gasteiger partial charge in [-0.15, -0.1) is 0 Å². The van der Waals surface area contributed by atoms with Crippen molar-refractivity contribution < 1.29 is 19.4 Å². The van der Waals surface area contributed by atoms with E-state index in [-0.39, 0.29) is 12.1 Å². The van der Waals surface area contributed by atoms with Crippen molar-refractivity contribution >= 4 is 5.91 Å². The van der Waals surface area contributed by atoms with Gasteiger partial charge in [0.1, 0.15) is 5.82 Å². The van der Waals surface area contributed by atoms with Crippen LogP contribution in [0.4, 0.5) is 4.39 Å². The molecule has 6 heteroatoms. The van der Waals surface area contributed by atoms with Crippen molar-refractivity contribution in [2.45, 2.75) is 31.0 Å². The molecule has 122 valence electrons. The first-order valence-electron chi connectivity index (χ1n) is 7.52. The molecule has 5 nitrogen and oxygen atoms in total. The molecule has 1 amide bonds. The third kappa shape index (κ3) is 4.25. The first kappa shape index (κ1) is 16.9. The number of hydrogen-bond acceptors (Lipinski definition) is 4. The molecule has 1 aromatic rings. The summed E-state index contributed by atoms with van der Waals surface area (Å²) in [5, 5.41) is 22.8. The third-order valence-corrected chi connectivity index (χ3v) is 4.26. The number of nitrogens with one attached hydrogen (secondary N) is 1. The Morgan fingerprint density at radius 1 is 1.41 bits per heavy atom. The van der Waals surface area contributed by atoms with Gasteiger partial charge in [-0.05, 0) is 32.4 Å². The van der Waals surface area contributed by atoms with Gasteiger partial charge in [-0.1, -0.05) is 18.2 Å². The van der Waals surface area contributed by atoms with E-state index >= 15 is 0 Å². The Kier molecular flexibility index (Phi) is 5.50. The molecule has 1 heterocycles. The van der Waals surface area contributed by atoms with Crippen molar-refractivity contribution in [2.24, 2.45) is 0 Å². The lowest BCUT2D eigenvalue weighted by atomic mass is 9.88. The minimum atomic E-state index is -1.53. The van der Waals surface area contributed by atoms with Crippen LogP contribution in [0.25, 0.3) is 0 Å². The van der Waals surface area contributed by atoms with Gasteiger partial charge in [0, 0.05) is 25.2 Å². The van der Waals surface area contributed by atoms with Gasteiger partial charge in [-0.25, -0.2) is 4.39 Å². The lowest BCUT2D eigenvalue weighted by Crippen LogP contribution is -2.45. The first-order valence-corrected chi connectivity index (χ1v) is 7.52. The maximum absolute atomic E-state index is 13.5. The normalized spacial score (nSPS) is 19.6. The van der Waals surface area contributed by atoms with E-state index in [1.165, 1.54) is 18.2 Å². The molecule has 2 rings (SSSR count). The van der Waals surface area contributed by atoms with Crippen molar-refractivity contribution in [3.05, 3.63) is 35.6 Å². The molecule has 22 heavy (non-hydrogen) atoms. The molecule has 1 atom stereocenters. The van der Waals surface area contributed by atoms with Gasteiger partial charge in [0.25, 0.3) is 5.91 Å². The molecule has 0 radical (unpaired) electrons. The third-order valence-electron chi connectivity index (χ3n) is 4.26. The van der Waals surface area contributed by atoms with E-state index in [2.05, 4.69) is 10.2 Å². The Labute approximate surface area is 129 Å². The van der Waals surface area contributed by atoms with Crippen molar-refractivity contribution in [3.8, 4) is 0 Å². The summed E-state index contributed by atoms with van der Waals surface area (Å²) < 4.78 is 13.5. The molecule has 3 N–H and O–H groups in total. The van der Waals surface area contributed by atoms with Gasteiger partial charge in [0.2, 0.25) is 0 Å². The fourth-order valence-corrected chi connectivity index (χ4v) is 2.64. The predicted octanol–water partition coefficient (Wildman–Crippen LogP) is 0.822. The van der Waals surface area contributed by atoms with Crippen molar-refractivity contribution in [1.29, 1.82) is 0 Å². The topological polar surface area (TPSA) is 72.8 Å². The van der Waals surface area contributed by atoms with E-state index in [0.29, 0.717) is 19.3 Å². The van der Waals surface area contributed by atoms with Crippen LogP contribution in [0.5, 0.6) is 0 Å². The number of piperidine rings is 1. The highest BCUT2D eigenvalue weighted by atomic mass is 19.1. The fraction of sp³-hybridized carbons (Fsp3) is 0.562. The smallest absolute Gasteiger partial charge is 0.253 e. The molecular weight excluding hydrogens is 287 g/mol. The number of aliphatic hydroxyl groups excluding tert-OH is 1. The number of halogens is 1. The van der Waals surface area contributed by atoms with Gasteiger partial charge in [0.15, 0.2) is 6.10 Å². The maximum Gasteiger partial charge on any atom is 0.253 e. The Morgan fingerprint density at radius 3 is 2.68 bits per heavy atom. The fourth-order valence-electron chi connectivity index (χ4n) is 2.64. The molecule has 0 saturated carbocycles. The highest BCUT2D eigenvalue weighted by Crippen LogP contribution is 2.24. The number of likely N-dealkylation sites (tertiary alicyclic amines) is 1. The molecule has 1 saturated heterocycles. The average molecular weight is 310 g/mol. The van der Waals surface area contributed by atoms with E-state index < -0.39 is 23.4 Å². The van der Waals surface area contributed by atoms with Crippen molar-refractivity contribution in [3.63, 3.8) is 0 Å². The van der Waals surface area contributed by atoms with Crippen LogP contribution in [0.15, 0.2) is 24.3 Å². The Balaban J connectivity index is 1.82. The van der Waals surface area contributed by atoms with Gasteiger partial charge in [-0.2, -0.15) is 0 Å². The molecular formula is C16H23FN2O3. The summed E-state index contributed by atoms with van der Waals surface area (Å²) in [5.41, 5.74) is -0.819. The molecule has 1 aromatic carbocycles. The highest BCUT2D eigenvalue weighted by Gasteiger charge is 2.31. The Hall–Kier alpha value is -1.50. The Bertz CT molecular complexity index is 516. The van der Waals surface area contributed by atoms with Gasteiger partial charge in [0.05, 0.1) is 5.60 Å². The number of hydrogen-bond donors (Lipinski definition) is 3. The number of rotatable bonds is 5. The van der Waals surface area contributed by atoms with Crippen LogP contribution in [-0.2, 0) is 4.79 Å². The summed E-state index contributed by atoms with van der Waals surface area (Å²) in [6, 6.07) is 5.65. The second-order valence-corrected chi connectivity index (χ2v) is 5.99. The molecule has 0 aromatic heterocycles. The standard InChI is InChI=1S/C16H23FN2O3/c1-19-10-7-16(22,8-11-19)6-9-18-15(21)14(20)12-4-2-3-5-13(12)17/h2-5,14,20,22H,6-11H2,1H3,(H,18,21). The molecule has 1 unspecified atom stereocenters. The monoisotopic (exact) mass is 310 g/mol. The molecule has 1 aliphatic heterocycles. The summed E-state index contributed by atoms with van der Waals surface area (Å²) in [4.78, 5) is 14.0. The predicted molar refractivity (Wildman–Crippen MR) is 80.7 cm³/mol. The van der Waals surface area contributed by atoms with E-state index in [1.807, 2.05) is 7.05 Å². The number of nitrogens with zero attached hydrogens (tertiary/aromatic N) is 1. The van der Waals surface area contributed by atoms with Crippen molar-refractivity contribution in [2.75, 3.05) is 26.7 Å². The summed E-state index contributed by atoms with van der Waals surface area (Å²) >= 11 is 0. The molecule has 0 bridgehead atoms. The SMILES string of the molecule is CN1CCC(O)(CCNC(=O)C(O)c2ccccc2F)CC1. The van der Waals surface area contributed by atoms with E-state index in [1.54, 1.807) is 6.07 Å². The first-order chi connectivity index (χ1) is 10.4. The van der Waals surface area contributed by atoms with Crippen LogP contribution in [-0.4, -0.2) is 53.3 Å². The van der Waals surface area contributed by atoms with Gasteiger partial charge >= 0.3 is 0 Å². The summed E-state index contributed by atoms with van der Waals surface area (Å²) in [6.07, 6.45) is 0.217. The number of carbonyl (C=O) groups is 1. The second kappa shape index (κ2) is 7.17. The summed E-state index contributed by atoms with van der Waals surface area (Å²) in [7, 11) is 2.01. The Morgan fingerprint density at radius 2 is 2.05 bits per heavy atom. The van der Waals surface area contributed by atoms with Crippen LogP contribution >= 0.6 is 0 Å². The van der Waals surface area contributed by atoms with E-state index in [0.717, 1.165) is 13.1 Å². The van der Waals surface area contributed by atoms with Crippen LogP contribution in [0, 0.1) is 5.82 Å². The summed E-state index contributed by atoms with van der Waals surface area (Å²) in [6.45, 7) is 1.90. The second-order valence-electron chi connectivity index (χ2n) is 5.99. The van der Waals surface area contributed by atoms with Crippen LogP contribution in [0.2, 0.25) is 0 Å². The zero-order valence-corrected chi connectivity index (χ0v) is 12.8. The number of aliphatic hydroxyl groups is 2. The number of carbonyl (C=O) groups excluding carboxylic acids is 1. The van der Waals surface area contributed by atoms with E-state index in [9.17, 15) is 19.4 Å². The minimum absolute atomic E-state index is 0.0435. The zero-order chi connectivity index (χ0) is 16.2. The van der Waals surface area contributed by atoms with E-state index in [4.69, 9.17) is 0 Å². The minimum Gasteiger partial charge on any atom is -0.390 e. The largest absolute Gasteiger partial charge is 0.390 e. The molecule has 0 spiro atoms. The highest BCUT2D eigenvalue weighted by molar-refractivity contribution is 5.81. The van der Waals surface area contributed by atoms with Gasteiger partial charge in [-0.3, -0.25) is 4.79 Å². The van der Waals surface area contributed by atoms with Crippen LogP contribution in [0.3, 0.4) is 0 Å². The lowest BCUT2D eigenvalue weighted by molar-refractivity contribution is -0.130. The molecule has 0 aliphatic carbocycles. The van der Waals surface area contributed by atoms with Crippen LogP contribution in [0.1, 0.15) is 30.9 Å². The zero-order valence-electron chi connectivity index (χ0n) is 12.8. The van der Waals surface area contributed by atoms with Gasteiger partial charge < -0.3 is 20.4 Å².